The van der Waals surface area contributed by atoms with Crippen molar-refractivity contribution < 1.29 is 14.1 Å². The maximum atomic E-state index is 13.4. The zero-order chi connectivity index (χ0) is 23.7. The number of nitrogens with zero attached hydrogens (tertiary/aromatic N) is 5. The average molecular weight is 482 g/mol. The Balaban J connectivity index is 1.25. The summed E-state index contributed by atoms with van der Waals surface area (Å²) < 4.78 is 5.83. The Morgan fingerprint density at radius 1 is 1.09 bits per heavy atom. The van der Waals surface area contributed by atoms with Gasteiger partial charge in [0.15, 0.2) is 0 Å². The molecule has 2 aliphatic rings. The van der Waals surface area contributed by atoms with Gasteiger partial charge in [0.1, 0.15) is 5.69 Å². The number of aromatic nitrogens is 2. The largest absolute Gasteiger partial charge is 0.419 e. The van der Waals surface area contributed by atoms with E-state index in [2.05, 4.69) is 10.2 Å². The number of benzene rings is 2. The summed E-state index contributed by atoms with van der Waals surface area (Å²) in [6, 6.07) is 14.2. The number of hydrogen-bond donors (Lipinski definition) is 0. The van der Waals surface area contributed by atoms with Crippen LogP contribution in [0.15, 0.2) is 52.9 Å². The number of carbonyl (C=O) groups is 1. The van der Waals surface area contributed by atoms with Crippen molar-refractivity contribution in [2.75, 3.05) is 18.0 Å². The molecule has 0 spiro atoms. The number of carbonyl (C=O) groups excluding carboxylic acids is 1. The lowest BCUT2D eigenvalue weighted by Gasteiger charge is -2.35. The summed E-state index contributed by atoms with van der Waals surface area (Å²) in [5.74, 6) is 0.668. The number of rotatable bonds is 7. The van der Waals surface area contributed by atoms with Crippen LogP contribution in [-0.2, 0) is 11.3 Å². The van der Waals surface area contributed by atoms with E-state index in [-0.39, 0.29) is 35.0 Å². The Morgan fingerprint density at radius 3 is 2.50 bits per heavy atom. The zero-order valence-electron chi connectivity index (χ0n) is 18.5. The lowest BCUT2D eigenvalue weighted by molar-refractivity contribution is -0.384. The van der Waals surface area contributed by atoms with Crippen molar-refractivity contribution in [2.24, 2.45) is 5.92 Å². The fourth-order valence-corrected chi connectivity index (χ4v) is 4.68. The molecule has 5 rings (SSSR count). The molecule has 1 saturated carbocycles. The Labute approximate surface area is 201 Å². The monoisotopic (exact) mass is 481 g/mol. The molecule has 0 unspecified atom stereocenters. The standard InChI is InChI=1S/C24H24ClN5O4/c25-19-6-2-1-5-18(19)23-27-26-22(34-23)15-29(17-9-10-17)24(31)16-11-13-28(14-12-16)20-7-3-4-8-21(20)30(32)33/h1-8,16-17H,9-15H2. The fraction of sp³-hybridized carbons (Fsp3) is 0.375. The van der Waals surface area contributed by atoms with Crippen molar-refractivity contribution in [3.63, 3.8) is 0 Å². The van der Waals surface area contributed by atoms with E-state index in [0.29, 0.717) is 54.0 Å². The van der Waals surface area contributed by atoms with Crippen LogP contribution in [0.1, 0.15) is 31.6 Å². The third-order valence-electron chi connectivity index (χ3n) is 6.41. The Bertz CT molecular complexity index is 1200. The number of para-hydroxylation sites is 2. The second-order valence-electron chi connectivity index (χ2n) is 8.69. The van der Waals surface area contributed by atoms with Crippen molar-refractivity contribution in [3.05, 3.63) is 69.6 Å². The highest BCUT2D eigenvalue weighted by Gasteiger charge is 2.38. The van der Waals surface area contributed by atoms with Crippen LogP contribution in [0.5, 0.6) is 0 Å². The van der Waals surface area contributed by atoms with Crippen LogP contribution in [0.25, 0.3) is 11.5 Å². The van der Waals surface area contributed by atoms with E-state index in [9.17, 15) is 14.9 Å². The van der Waals surface area contributed by atoms with Gasteiger partial charge in [0.05, 0.1) is 22.1 Å². The van der Waals surface area contributed by atoms with E-state index in [1.165, 1.54) is 6.07 Å². The first kappa shape index (κ1) is 22.3. The fourth-order valence-electron chi connectivity index (χ4n) is 4.47. The predicted molar refractivity (Wildman–Crippen MR) is 126 cm³/mol. The third-order valence-corrected chi connectivity index (χ3v) is 6.74. The number of nitro groups is 1. The number of halogens is 1. The van der Waals surface area contributed by atoms with Crippen molar-refractivity contribution in [2.45, 2.75) is 38.3 Å². The van der Waals surface area contributed by atoms with E-state index in [1.807, 2.05) is 28.0 Å². The molecule has 1 aliphatic heterocycles. The first-order chi connectivity index (χ1) is 16.5. The summed E-state index contributed by atoms with van der Waals surface area (Å²) in [5.41, 5.74) is 1.36. The summed E-state index contributed by atoms with van der Waals surface area (Å²) in [4.78, 5) is 28.3. The molecule has 2 fully saturated rings. The average Bonchev–Trinajstić information content (AvgIpc) is 3.60. The molecule has 0 atom stereocenters. The van der Waals surface area contributed by atoms with Gasteiger partial charge < -0.3 is 14.2 Å². The van der Waals surface area contributed by atoms with Crippen molar-refractivity contribution in [1.29, 1.82) is 0 Å². The van der Waals surface area contributed by atoms with Crippen molar-refractivity contribution in [3.8, 4) is 11.5 Å². The van der Waals surface area contributed by atoms with Crippen LogP contribution in [0.3, 0.4) is 0 Å². The molecular formula is C24H24ClN5O4. The molecule has 9 nitrogen and oxygen atoms in total. The Morgan fingerprint density at radius 2 is 1.79 bits per heavy atom. The van der Waals surface area contributed by atoms with E-state index in [0.717, 1.165) is 12.8 Å². The minimum absolute atomic E-state index is 0.0854. The second-order valence-corrected chi connectivity index (χ2v) is 9.09. The lowest BCUT2D eigenvalue weighted by atomic mass is 9.94. The van der Waals surface area contributed by atoms with Crippen LogP contribution in [0.4, 0.5) is 11.4 Å². The van der Waals surface area contributed by atoms with Gasteiger partial charge in [-0.1, -0.05) is 35.9 Å². The van der Waals surface area contributed by atoms with Gasteiger partial charge in [-0.15, -0.1) is 10.2 Å². The molecule has 0 bridgehead atoms. The molecule has 2 heterocycles. The zero-order valence-corrected chi connectivity index (χ0v) is 19.2. The smallest absolute Gasteiger partial charge is 0.292 e. The quantitative estimate of drug-likeness (QED) is 0.355. The minimum Gasteiger partial charge on any atom is -0.419 e. The normalized spacial score (nSPS) is 16.4. The number of piperidine rings is 1. The van der Waals surface area contributed by atoms with Gasteiger partial charge in [0.25, 0.3) is 5.69 Å². The molecule has 34 heavy (non-hydrogen) atoms. The van der Waals surface area contributed by atoms with E-state index < -0.39 is 0 Å². The first-order valence-electron chi connectivity index (χ1n) is 11.4. The molecule has 176 valence electrons. The van der Waals surface area contributed by atoms with Gasteiger partial charge in [-0.25, -0.2) is 0 Å². The first-order valence-corrected chi connectivity index (χ1v) is 11.7. The lowest BCUT2D eigenvalue weighted by Crippen LogP contribution is -2.43. The maximum absolute atomic E-state index is 13.4. The summed E-state index contributed by atoms with van der Waals surface area (Å²) in [6.07, 6.45) is 3.21. The van der Waals surface area contributed by atoms with Crippen LogP contribution in [-0.4, -0.2) is 45.1 Å². The highest BCUT2D eigenvalue weighted by atomic mass is 35.5. The van der Waals surface area contributed by atoms with E-state index in [1.54, 1.807) is 24.3 Å². The maximum Gasteiger partial charge on any atom is 0.292 e. The number of amides is 1. The molecule has 3 aromatic rings. The highest BCUT2D eigenvalue weighted by Crippen LogP contribution is 2.35. The summed E-state index contributed by atoms with van der Waals surface area (Å²) >= 11 is 6.24. The van der Waals surface area contributed by atoms with E-state index >= 15 is 0 Å². The molecule has 0 N–H and O–H groups in total. The minimum atomic E-state index is -0.358. The number of anilines is 1. The second kappa shape index (κ2) is 9.42. The molecule has 1 saturated heterocycles. The summed E-state index contributed by atoms with van der Waals surface area (Å²) in [5, 5.41) is 20.2. The summed E-state index contributed by atoms with van der Waals surface area (Å²) in [6.45, 7) is 1.46. The van der Waals surface area contributed by atoms with E-state index in [4.69, 9.17) is 16.0 Å². The third kappa shape index (κ3) is 4.61. The van der Waals surface area contributed by atoms with Crippen LogP contribution >= 0.6 is 11.6 Å². The van der Waals surface area contributed by atoms with Gasteiger partial charge in [-0.2, -0.15) is 0 Å². The molecule has 0 radical (unpaired) electrons. The number of hydrogen-bond acceptors (Lipinski definition) is 7. The van der Waals surface area contributed by atoms with Crippen molar-refractivity contribution >= 4 is 28.9 Å². The van der Waals surface area contributed by atoms with Gasteiger partial charge in [-0.05, 0) is 43.9 Å². The summed E-state index contributed by atoms with van der Waals surface area (Å²) in [7, 11) is 0. The molecule has 1 aromatic heterocycles. The van der Waals surface area contributed by atoms with Gasteiger partial charge in [0.2, 0.25) is 17.7 Å². The van der Waals surface area contributed by atoms with Gasteiger partial charge >= 0.3 is 0 Å². The molecule has 2 aromatic carbocycles. The molecule has 1 aliphatic carbocycles. The van der Waals surface area contributed by atoms with Gasteiger partial charge in [0, 0.05) is 31.1 Å². The predicted octanol–water partition coefficient (Wildman–Crippen LogP) is 4.71. The molecule has 1 amide bonds. The van der Waals surface area contributed by atoms with Crippen LogP contribution in [0, 0.1) is 16.0 Å². The van der Waals surface area contributed by atoms with Crippen molar-refractivity contribution in [1.82, 2.24) is 15.1 Å². The van der Waals surface area contributed by atoms with Crippen LogP contribution < -0.4 is 4.90 Å². The Hall–Kier alpha value is -3.46. The topological polar surface area (TPSA) is 106 Å². The van der Waals surface area contributed by atoms with Gasteiger partial charge in [-0.3, -0.25) is 14.9 Å². The molecule has 10 heteroatoms. The number of nitro benzene ring substituents is 1. The van der Waals surface area contributed by atoms with Crippen LogP contribution in [0.2, 0.25) is 5.02 Å². The Kier molecular flexibility index (Phi) is 6.19. The molecular weight excluding hydrogens is 458 g/mol. The SMILES string of the molecule is O=C(C1CCN(c2ccccc2[N+](=O)[O-])CC1)N(Cc1nnc(-c2ccccc2Cl)o1)C1CC1. The highest BCUT2D eigenvalue weighted by molar-refractivity contribution is 6.33.